The summed E-state index contributed by atoms with van der Waals surface area (Å²) in [5.41, 5.74) is 4.01. The Morgan fingerprint density at radius 3 is 1.65 bits per heavy atom. The van der Waals surface area contributed by atoms with Gasteiger partial charge >= 0.3 is 0 Å². The van der Waals surface area contributed by atoms with Crippen LogP contribution in [0.4, 0.5) is 0 Å². The van der Waals surface area contributed by atoms with E-state index in [1.807, 2.05) is 0 Å². The van der Waals surface area contributed by atoms with Crippen LogP contribution in [0.3, 0.4) is 0 Å². The second-order valence-electron chi connectivity index (χ2n) is 9.60. The molecule has 0 aliphatic carbocycles. The molecular formula is C30H45N. The molecule has 2 aromatic carbocycles. The van der Waals surface area contributed by atoms with Crippen LogP contribution in [0.25, 0.3) is 21.8 Å². The van der Waals surface area contributed by atoms with Gasteiger partial charge < -0.3 is 4.98 Å². The molecule has 0 amide bonds. The molecule has 0 saturated carbocycles. The lowest BCUT2D eigenvalue weighted by Crippen LogP contribution is -1.87. The van der Waals surface area contributed by atoms with Crippen molar-refractivity contribution in [3.8, 4) is 0 Å². The Morgan fingerprint density at radius 1 is 0.516 bits per heavy atom. The number of rotatable bonds is 17. The normalized spacial score (nSPS) is 11.6. The average Bonchev–Trinajstić information content (AvgIpc) is 3.16. The third kappa shape index (κ3) is 8.36. The second-order valence-corrected chi connectivity index (χ2v) is 9.60. The van der Waals surface area contributed by atoms with Crippen molar-refractivity contribution >= 4 is 21.8 Å². The first-order valence-electron chi connectivity index (χ1n) is 13.4. The van der Waals surface area contributed by atoms with Crippen LogP contribution in [0.2, 0.25) is 0 Å². The van der Waals surface area contributed by atoms with Crippen molar-refractivity contribution in [3.63, 3.8) is 0 Å². The molecule has 0 atom stereocenters. The quantitative estimate of drug-likeness (QED) is 0.209. The third-order valence-electron chi connectivity index (χ3n) is 6.89. The topological polar surface area (TPSA) is 15.8 Å². The number of hydrogen-bond donors (Lipinski definition) is 1. The summed E-state index contributed by atoms with van der Waals surface area (Å²) in [5.74, 6) is 0. The summed E-state index contributed by atoms with van der Waals surface area (Å²) in [5, 5.41) is 2.69. The molecule has 0 unspecified atom stereocenters. The maximum Gasteiger partial charge on any atom is 0.0467 e. The fourth-order valence-electron chi connectivity index (χ4n) is 4.93. The van der Waals surface area contributed by atoms with Crippen molar-refractivity contribution in [2.75, 3.05) is 0 Å². The lowest BCUT2D eigenvalue weighted by Gasteiger charge is -2.04. The van der Waals surface area contributed by atoms with E-state index in [9.17, 15) is 0 Å². The number of unbranched alkanes of at least 4 members (excludes halogenated alkanes) is 15. The number of aromatic nitrogens is 1. The second kappa shape index (κ2) is 14.3. The van der Waals surface area contributed by atoms with Crippen molar-refractivity contribution in [2.45, 2.75) is 116 Å². The van der Waals surface area contributed by atoms with Crippen LogP contribution in [0.1, 0.15) is 115 Å². The number of fused-ring (bicyclic) bond motifs is 3. The molecule has 170 valence electrons. The van der Waals surface area contributed by atoms with Crippen molar-refractivity contribution < 1.29 is 0 Å². The van der Waals surface area contributed by atoms with Gasteiger partial charge in [-0.2, -0.15) is 0 Å². The minimum absolute atomic E-state index is 1.21. The smallest absolute Gasteiger partial charge is 0.0467 e. The van der Waals surface area contributed by atoms with Gasteiger partial charge in [-0.05, 0) is 30.5 Å². The third-order valence-corrected chi connectivity index (χ3v) is 6.89. The van der Waals surface area contributed by atoms with E-state index in [0.717, 1.165) is 0 Å². The van der Waals surface area contributed by atoms with Crippen molar-refractivity contribution in [2.24, 2.45) is 0 Å². The van der Waals surface area contributed by atoms with Gasteiger partial charge in [-0.3, -0.25) is 0 Å². The lowest BCUT2D eigenvalue weighted by atomic mass is 10.0. The van der Waals surface area contributed by atoms with E-state index in [0.29, 0.717) is 0 Å². The van der Waals surface area contributed by atoms with Gasteiger partial charge in [0.25, 0.3) is 0 Å². The molecule has 0 aliphatic rings. The number of nitrogens with one attached hydrogen (secondary N) is 1. The lowest BCUT2D eigenvalue weighted by molar-refractivity contribution is 0.529. The number of benzene rings is 2. The van der Waals surface area contributed by atoms with Gasteiger partial charge in [0.15, 0.2) is 0 Å². The molecule has 1 aromatic heterocycles. The molecule has 31 heavy (non-hydrogen) atoms. The maximum atomic E-state index is 3.57. The van der Waals surface area contributed by atoms with E-state index in [2.05, 4.69) is 54.4 Å². The van der Waals surface area contributed by atoms with Crippen LogP contribution in [0, 0.1) is 0 Å². The highest BCUT2D eigenvalue weighted by molar-refractivity contribution is 6.07. The van der Waals surface area contributed by atoms with Crippen molar-refractivity contribution in [3.05, 3.63) is 48.0 Å². The Hall–Kier alpha value is -1.76. The fraction of sp³-hybridized carbons (Fsp3) is 0.600. The van der Waals surface area contributed by atoms with Crippen molar-refractivity contribution in [1.29, 1.82) is 0 Å². The SMILES string of the molecule is CCCCCCCCCCCCCCCCCCc1ccc2c(c1)[nH]c1ccccc12. The number of aromatic amines is 1. The largest absolute Gasteiger partial charge is 0.355 e. The predicted molar refractivity (Wildman–Crippen MR) is 139 cm³/mol. The van der Waals surface area contributed by atoms with Gasteiger partial charge in [0.05, 0.1) is 0 Å². The molecule has 3 aromatic rings. The van der Waals surface area contributed by atoms with Gasteiger partial charge in [-0.15, -0.1) is 0 Å². The number of aryl methyl sites for hydroxylation is 1. The monoisotopic (exact) mass is 419 g/mol. The zero-order valence-corrected chi connectivity index (χ0v) is 20.1. The van der Waals surface area contributed by atoms with E-state index in [4.69, 9.17) is 0 Å². The molecule has 1 heteroatoms. The molecule has 0 radical (unpaired) electrons. The maximum absolute atomic E-state index is 3.57. The summed E-state index contributed by atoms with van der Waals surface area (Å²) in [6.07, 6.45) is 24.2. The van der Waals surface area contributed by atoms with E-state index in [1.54, 1.807) is 0 Å². The van der Waals surface area contributed by atoms with Gasteiger partial charge in [-0.25, -0.2) is 0 Å². The minimum atomic E-state index is 1.21. The zero-order valence-electron chi connectivity index (χ0n) is 20.1. The number of para-hydroxylation sites is 1. The summed E-state index contributed by atoms with van der Waals surface area (Å²) in [6, 6.07) is 15.6. The Bertz CT molecular complexity index is 859. The molecule has 1 heterocycles. The molecule has 0 spiro atoms. The standard InChI is InChI=1S/C30H45N/c1-2-3-4-5-6-7-8-9-10-11-12-13-14-15-16-17-20-26-23-24-28-27-21-18-19-22-29(27)31-30(28)25-26/h18-19,21-25,31H,2-17,20H2,1H3. The van der Waals surface area contributed by atoms with E-state index >= 15 is 0 Å². The molecule has 0 bridgehead atoms. The van der Waals surface area contributed by atoms with Crippen LogP contribution >= 0.6 is 0 Å². The van der Waals surface area contributed by atoms with Gasteiger partial charge in [0.2, 0.25) is 0 Å². The predicted octanol–water partition coefficient (Wildman–Crippen LogP) is 10.1. The first-order chi connectivity index (χ1) is 15.4. The highest BCUT2D eigenvalue weighted by Gasteiger charge is 2.04. The van der Waals surface area contributed by atoms with Crippen LogP contribution in [-0.4, -0.2) is 4.98 Å². The molecule has 0 saturated heterocycles. The first-order valence-corrected chi connectivity index (χ1v) is 13.4. The highest BCUT2D eigenvalue weighted by atomic mass is 14.7. The minimum Gasteiger partial charge on any atom is -0.355 e. The molecule has 1 N–H and O–H groups in total. The van der Waals surface area contributed by atoms with Crippen molar-refractivity contribution in [1.82, 2.24) is 4.98 Å². The Morgan fingerprint density at radius 2 is 1.03 bits per heavy atom. The molecule has 3 rings (SSSR count). The van der Waals surface area contributed by atoms with Gasteiger partial charge in [0, 0.05) is 21.8 Å². The summed E-state index contributed by atoms with van der Waals surface area (Å²) in [7, 11) is 0. The number of hydrogen-bond acceptors (Lipinski definition) is 0. The number of H-pyrrole nitrogens is 1. The Labute approximate surface area is 191 Å². The molecule has 0 aliphatic heterocycles. The molecule has 0 fully saturated rings. The van der Waals surface area contributed by atoms with Gasteiger partial charge in [-0.1, -0.05) is 134 Å². The Balaban J connectivity index is 1.16. The van der Waals surface area contributed by atoms with E-state index in [-0.39, 0.29) is 0 Å². The average molecular weight is 420 g/mol. The van der Waals surface area contributed by atoms with Crippen LogP contribution in [0.5, 0.6) is 0 Å². The van der Waals surface area contributed by atoms with Crippen LogP contribution in [-0.2, 0) is 6.42 Å². The zero-order chi connectivity index (χ0) is 21.6. The van der Waals surface area contributed by atoms with E-state index < -0.39 is 0 Å². The Kier molecular flexibility index (Phi) is 11.0. The van der Waals surface area contributed by atoms with Crippen LogP contribution < -0.4 is 0 Å². The van der Waals surface area contributed by atoms with E-state index in [1.165, 1.54) is 137 Å². The van der Waals surface area contributed by atoms with Crippen LogP contribution in [0.15, 0.2) is 42.5 Å². The first kappa shape index (κ1) is 23.9. The fourth-order valence-corrected chi connectivity index (χ4v) is 4.93. The van der Waals surface area contributed by atoms with Gasteiger partial charge in [0.1, 0.15) is 0 Å². The summed E-state index contributed by atoms with van der Waals surface area (Å²) < 4.78 is 0. The summed E-state index contributed by atoms with van der Waals surface area (Å²) >= 11 is 0. The molecular weight excluding hydrogens is 374 g/mol. The summed E-state index contributed by atoms with van der Waals surface area (Å²) in [4.78, 5) is 3.57. The molecule has 1 nitrogen and oxygen atoms in total. The summed E-state index contributed by atoms with van der Waals surface area (Å²) in [6.45, 7) is 2.30. The highest BCUT2D eigenvalue weighted by Crippen LogP contribution is 2.26.